The van der Waals surface area contributed by atoms with Crippen molar-refractivity contribution in [2.45, 2.75) is 19.3 Å². The van der Waals surface area contributed by atoms with Crippen LogP contribution in [0, 0.1) is 0 Å². The Morgan fingerprint density at radius 1 is 1.53 bits per heavy atom. The molecular weight excluding hydrogens is 214 g/mol. The molecule has 90 valence electrons. The normalized spacial score (nSPS) is 13.5. The van der Waals surface area contributed by atoms with E-state index >= 15 is 0 Å². The number of nitrogens with zero attached hydrogens (tertiary/aromatic N) is 1. The van der Waals surface area contributed by atoms with Gasteiger partial charge in [0.1, 0.15) is 0 Å². The maximum Gasteiger partial charge on any atom is 0.335 e. The number of hydrogen-bond donors (Lipinski definition) is 1. The number of fused-ring (bicyclic) bond motifs is 1. The molecule has 3 heteroatoms. The second-order valence-corrected chi connectivity index (χ2v) is 4.32. The van der Waals surface area contributed by atoms with Crippen LogP contribution in [-0.4, -0.2) is 24.2 Å². The predicted molar refractivity (Wildman–Crippen MR) is 68.7 cm³/mol. The van der Waals surface area contributed by atoms with Crippen molar-refractivity contribution in [2.24, 2.45) is 0 Å². The summed E-state index contributed by atoms with van der Waals surface area (Å²) in [5.74, 6) is -0.856. The Balaban J connectivity index is 2.14. The quantitative estimate of drug-likeness (QED) is 0.625. The Kier molecular flexibility index (Phi) is 3.47. The molecule has 1 aliphatic heterocycles. The number of anilines is 1. The highest BCUT2D eigenvalue weighted by Gasteiger charge is 2.19. The van der Waals surface area contributed by atoms with E-state index in [9.17, 15) is 4.79 Å². The molecule has 0 fully saturated rings. The maximum absolute atomic E-state index is 10.9. The third-order valence-corrected chi connectivity index (χ3v) is 3.16. The van der Waals surface area contributed by atoms with Crippen LogP contribution in [0.3, 0.4) is 0 Å². The fourth-order valence-corrected chi connectivity index (χ4v) is 2.24. The van der Waals surface area contributed by atoms with Gasteiger partial charge in [0.25, 0.3) is 0 Å². The zero-order valence-corrected chi connectivity index (χ0v) is 9.85. The summed E-state index contributed by atoms with van der Waals surface area (Å²) in [5, 5.41) is 8.98. The molecule has 0 unspecified atom stereocenters. The first kappa shape index (κ1) is 11.7. The molecule has 3 nitrogen and oxygen atoms in total. The predicted octanol–water partition coefficient (Wildman–Crippen LogP) is 2.71. The molecule has 1 N–H and O–H groups in total. The molecule has 0 saturated heterocycles. The Morgan fingerprint density at radius 3 is 3.06 bits per heavy atom. The van der Waals surface area contributed by atoms with Gasteiger partial charge in [0, 0.05) is 18.8 Å². The van der Waals surface area contributed by atoms with E-state index in [1.165, 1.54) is 5.56 Å². The number of rotatable bonds is 5. The molecule has 0 spiro atoms. The standard InChI is InChI=1S/C14H17NO2/c1-2-3-4-8-15-9-7-11-5-6-12(14(16)17)10-13(11)15/h2,5-6,10H,1,3-4,7-9H2,(H,16,17). The summed E-state index contributed by atoms with van der Waals surface area (Å²) in [6, 6.07) is 5.42. The lowest BCUT2D eigenvalue weighted by Crippen LogP contribution is -2.21. The van der Waals surface area contributed by atoms with Crippen molar-refractivity contribution >= 4 is 11.7 Å². The zero-order valence-electron chi connectivity index (χ0n) is 9.85. The van der Waals surface area contributed by atoms with E-state index in [0.29, 0.717) is 5.56 Å². The minimum absolute atomic E-state index is 0.374. The third-order valence-electron chi connectivity index (χ3n) is 3.16. The minimum atomic E-state index is -0.856. The second kappa shape index (κ2) is 5.04. The van der Waals surface area contributed by atoms with Crippen molar-refractivity contribution in [3.63, 3.8) is 0 Å². The van der Waals surface area contributed by atoms with Gasteiger partial charge in [-0.05, 0) is 37.0 Å². The zero-order chi connectivity index (χ0) is 12.3. The lowest BCUT2D eigenvalue weighted by atomic mass is 10.1. The van der Waals surface area contributed by atoms with Crippen molar-refractivity contribution in [1.29, 1.82) is 0 Å². The van der Waals surface area contributed by atoms with Crippen LogP contribution in [0.25, 0.3) is 0 Å². The summed E-state index contributed by atoms with van der Waals surface area (Å²) in [6.07, 6.45) is 5.01. The third kappa shape index (κ3) is 2.49. The fraction of sp³-hybridized carbons (Fsp3) is 0.357. The van der Waals surface area contributed by atoms with Crippen LogP contribution in [0.2, 0.25) is 0 Å². The van der Waals surface area contributed by atoms with Gasteiger partial charge >= 0.3 is 5.97 Å². The van der Waals surface area contributed by atoms with Crippen molar-refractivity contribution < 1.29 is 9.90 Å². The molecule has 0 aromatic heterocycles. The van der Waals surface area contributed by atoms with Crippen LogP contribution in [-0.2, 0) is 6.42 Å². The van der Waals surface area contributed by atoms with Crippen LogP contribution < -0.4 is 4.90 Å². The molecular formula is C14H17NO2. The summed E-state index contributed by atoms with van der Waals surface area (Å²) in [5.41, 5.74) is 2.72. The summed E-state index contributed by atoms with van der Waals surface area (Å²) in [7, 11) is 0. The van der Waals surface area contributed by atoms with E-state index < -0.39 is 5.97 Å². The number of benzene rings is 1. The van der Waals surface area contributed by atoms with E-state index in [2.05, 4.69) is 11.5 Å². The van der Waals surface area contributed by atoms with Gasteiger partial charge < -0.3 is 10.0 Å². The van der Waals surface area contributed by atoms with Gasteiger partial charge in [-0.1, -0.05) is 12.1 Å². The van der Waals surface area contributed by atoms with Gasteiger partial charge in [-0.3, -0.25) is 0 Å². The van der Waals surface area contributed by atoms with E-state index in [0.717, 1.165) is 38.0 Å². The first-order valence-corrected chi connectivity index (χ1v) is 5.94. The van der Waals surface area contributed by atoms with E-state index in [1.54, 1.807) is 12.1 Å². The van der Waals surface area contributed by atoms with E-state index in [1.807, 2.05) is 12.1 Å². The maximum atomic E-state index is 10.9. The highest BCUT2D eigenvalue weighted by molar-refractivity contribution is 5.89. The Labute approximate surface area is 101 Å². The molecule has 2 rings (SSSR count). The monoisotopic (exact) mass is 231 g/mol. The van der Waals surface area contributed by atoms with E-state index in [4.69, 9.17) is 5.11 Å². The molecule has 1 heterocycles. The molecule has 1 aliphatic rings. The summed E-state index contributed by atoms with van der Waals surface area (Å²) in [4.78, 5) is 13.2. The van der Waals surface area contributed by atoms with Gasteiger partial charge in [-0.25, -0.2) is 4.79 Å². The van der Waals surface area contributed by atoms with Crippen molar-refractivity contribution in [3.05, 3.63) is 42.0 Å². The molecule has 0 amide bonds. The number of unbranched alkanes of at least 4 members (excludes halogenated alkanes) is 1. The first-order valence-electron chi connectivity index (χ1n) is 5.94. The summed E-state index contributed by atoms with van der Waals surface area (Å²) >= 11 is 0. The number of aromatic carboxylic acids is 1. The van der Waals surface area contributed by atoms with Gasteiger partial charge in [0.2, 0.25) is 0 Å². The molecule has 0 bridgehead atoms. The van der Waals surface area contributed by atoms with Crippen molar-refractivity contribution in [3.8, 4) is 0 Å². The lowest BCUT2D eigenvalue weighted by molar-refractivity contribution is 0.0697. The topological polar surface area (TPSA) is 40.5 Å². The van der Waals surface area contributed by atoms with Crippen LogP contribution in [0.15, 0.2) is 30.9 Å². The summed E-state index contributed by atoms with van der Waals surface area (Å²) in [6.45, 7) is 5.68. The number of carboxylic acid groups (broad SMARTS) is 1. The van der Waals surface area contributed by atoms with Gasteiger partial charge in [0.05, 0.1) is 5.56 Å². The highest BCUT2D eigenvalue weighted by Crippen LogP contribution is 2.29. The number of allylic oxidation sites excluding steroid dienone is 1. The van der Waals surface area contributed by atoms with Crippen LogP contribution in [0.4, 0.5) is 5.69 Å². The van der Waals surface area contributed by atoms with Gasteiger partial charge in [-0.2, -0.15) is 0 Å². The van der Waals surface area contributed by atoms with Crippen LogP contribution >= 0.6 is 0 Å². The molecule has 17 heavy (non-hydrogen) atoms. The largest absolute Gasteiger partial charge is 0.478 e. The fourth-order valence-electron chi connectivity index (χ4n) is 2.24. The molecule has 0 radical (unpaired) electrons. The SMILES string of the molecule is C=CCCCN1CCc2ccc(C(=O)O)cc21. The highest BCUT2D eigenvalue weighted by atomic mass is 16.4. The molecule has 0 aliphatic carbocycles. The number of carbonyl (C=O) groups is 1. The molecule has 1 aromatic rings. The first-order chi connectivity index (χ1) is 8.22. The minimum Gasteiger partial charge on any atom is -0.478 e. The molecule has 0 atom stereocenters. The Hall–Kier alpha value is -1.77. The van der Waals surface area contributed by atoms with Crippen LogP contribution in [0.1, 0.15) is 28.8 Å². The Bertz CT molecular complexity index is 440. The van der Waals surface area contributed by atoms with Gasteiger partial charge in [-0.15, -0.1) is 6.58 Å². The lowest BCUT2D eigenvalue weighted by Gasteiger charge is -2.19. The van der Waals surface area contributed by atoms with Crippen molar-refractivity contribution in [2.75, 3.05) is 18.0 Å². The number of hydrogen-bond acceptors (Lipinski definition) is 2. The Morgan fingerprint density at radius 2 is 2.35 bits per heavy atom. The smallest absolute Gasteiger partial charge is 0.335 e. The average Bonchev–Trinajstić information content (AvgIpc) is 2.72. The molecule has 0 saturated carbocycles. The average molecular weight is 231 g/mol. The van der Waals surface area contributed by atoms with Gasteiger partial charge in [0.15, 0.2) is 0 Å². The van der Waals surface area contributed by atoms with Crippen LogP contribution in [0.5, 0.6) is 0 Å². The second-order valence-electron chi connectivity index (χ2n) is 4.32. The van der Waals surface area contributed by atoms with E-state index in [-0.39, 0.29) is 0 Å². The molecule has 1 aromatic carbocycles. The summed E-state index contributed by atoms with van der Waals surface area (Å²) < 4.78 is 0. The number of carboxylic acids is 1. The van der Waals surface area contributed by atoms with Crippen molar-refractivity contribution in [1.82, 2.24) is 0 Å².